The molecule has 0 aromatic heterocycles. The van der Waals surface area contributed by atoms with Crippen LogP contribution in [0.5, 0.6) is 0 Å². The van der Waals surface area contributed by atoms with E-state index in [4.69, 9.17) is 11.0 Å². The van der Waals surface area contributed by atoms with Crippen molar-refractivity contribution in [3.05, 3.63) is 54.1 Å². The smallest absolute Gasteiger partial charge is 0.179 e. The molecule has 0 unspecified atom stereocenters. The lowest BCUT2D eigenvalue weighted by molar-refractivity contribution is 0.597. The van der Waals surface area contributed by atoms with Crippen LogP contribution in [0.2, 0.25) is 0 Å². The van der Waals surface area contributed by atoms with Crippen molar-refractivity contribution in [2.24, 2.45) is 0 Å². The molecule has 4 nitrogen and oxygen atoms in total. The van der Waals surface area contributed by atoms with E-state index in [2.05, 4.69) is 0 Å². The highest BCUT2D eigenvalue weighted by Gasteiger charge is 2.14. The van der Waals surface area contributed by atoms with E-state index in [9.17, 15) is 8.42 Å². The molecule has 2 rings (SSSR count). The Kier molecular flexibility index (Phi) is 4.89. The summed E-state index contributed by atoms with van der Waals surface area (Å²) in [5.41, 5.74) is 6.79. The van der Waals surface area contributed by atoms with Crippen LogP contribution in [0, 0.1) is 11.3 Å². The van der Waals surface area contributed by atoms with Crippen LogP contribution in [0.1, 0.15) is 5.56 Å². The summed E-state index contributed by atoms with van der Waals surface area (Å²) in [6, 6.07) is 15.3. The summed E-state index contributed by atoms with van der Waals surface area (Å²) in [5, 5.41) is 8.71. The molecule has 2 aromatic rings. The molecule has 21 heavy (non-hydrogen) atoms. The molecular weight excluding hydrogens is 304 g/mol. The van der Waals surface area contributed by atoms with Gasteiger partial charge in [0.15, 0.2) is 9.84 Å². The van der Waals surface area contributed by atoms with Crippen molar-refractivity contribution in [3.63, 3.8) is 0 Å². The molecule has 0 heterocycles. The maximum atomic E-state index is 12.2. The number of hydrogen-bond donors (Lipinski definition) is 1. The molecule has 0 bridgehead atoms. The maximum absolute atomic E-state index is 12.2. The van der Waals surface area contributed by atoms with Gasteiger partial charge in [-0.2, -0.15) is 5.26 Å². The average molecular weight is 318 g/mol. The van der Waals surface area contributed by atoms with E-state index in [0.717, 1.165) is 4.90 Å². The lowest BCUT2D eigenvalue weighted by atomic mass is 10.2. The fourth-order valence-corrected chi connectivity index (χ4v) is 4.36. The van der Waals surface area contributed by atoms with E-state index in [1.165, 1.54) is 36.0 Å². The summed E-state index contributed by atoms with van der Waals surface area (Å²) in [6.45, 7) is 0. The van der Waals surface area contributed by atoms with Crippen molar-refractivity contribution >= 4 is 27.3 Å². The van der Waals surface area contributed by atoms with Crippen LogP contribution in [0.25, 0.3) is 0 Å². The number of nitrogen functional groups attached to an aromatic ring is 1. The Labute approximate surface area is 128 Å². The Hall–Kier alpha value is -1.97. The molecular formula is C15H14N2O2S2. The molecule has 2 N–H and O–H groups in total. The molecule has 0 atom stereocenters. The Morgan fingerprint density at radius 3 is 2.48 bits per heavy atom. The maximum Gasteiger partial charge on any atom is 0.179 e. The summed E-state index contributed by atoms with van der Waals surface area (Å²) < 4.78 is 24.3. The van der Waals surface area contributed by atoms with Gasteiger partial charge in [0.05, 0.1) is 22.3 Å². The average Bonchev–Trinajstić information content (AvgIpc) is 2.47. The lowest BCUT2D eigenvalue weighted by Gasteiger charge is -2.05. The second-order valence-corrected chi connectivity index (χ2v) is 7.65. The molecule has 0 saturated heterocycles. The van der Waals surface area contributed by atoms with Gasteiger partial charge in [-0.3, -0.25) is 0 Å². The number of thioether (sulfide) groups is 1. The van der Waals surface area contributed by atoms with E-state index >= 15 is 0 Å². The van der Waals surface area contributed by atoms with Crippen molar-refractivity contribution in [2.45, 2.75) is 9.79 Å². The van der Waals surface area contributed by atoms with Gasteiger partial charge < -0.3 is 5.73 Å². The Bertz CT molecular complexity index is 763. The van der Waals surface area contributed by atoms with Crippen molar-refractivity contribution < 1.29 is 8.42 Å². The van der Waals surface area contributed by atoms with Crippen molar-refractivity contribution in [3.8, 4) is 6.07 Å². The third-order valence-electron chi connectivity index (χ3n) is 2.82. The summed E-state index contributed by atoms with van der Waals surface area (Å²) in [7, 11) is -3.33. The summed E-state index contributed by atoms with van der Waals surface area (Å²) in [4.78, 5) is 1.19. The largest absolute Gasteiger partial charge is 0.399 e. The molecule has 2 aromatic carbocycles. The minimum Gasteiger partial charge on any atom is -0.399 e. The minimum absolute atomic E-state index is 0.0400. The topological polar surface area (TPSA) is 84.0 Å². The van der Waals surface area contributed by atoms with Crippen LogP contribution < -0.4 is 5.73 Å². The van der Waals surface area contributed by atoms with E-state index in [1.807, 2.05) is 24.3 Å². The number of benzene rings is 2. The van der Waals surface area contributed by atoms with Crippen LogP contribution >= 0.6 is 11.8 Å². The van der Waals surface area contributed by atoms with Gasteiger partial charge in [0.2, 0.25) is 0 Å². The van der Waals surface area contributed by atoms with Crippen LogP contribution in [-0.4, -0.2) is 19.9 Å². The van der Waals surface area contributed by atoms with Gasteiger partial charge in [0.25, 0.3) is 0 Å². The lowest BCUT2D eigenvalue weighted by Crippen LogP contribution is -2.08. The second-order valence-electron chi connectivity index (χ2n) is 4.38. The minimum atomic E-state index is -3.33. The molecule has 0 saturated carbocycles. The fraction of sp³-hybridized carbons (Fsp3) is 0.133. The Morgan fingerprint density at radius 2 is 1.86 bits per heavy atom. The zero-order valence-electron chi connectivity index (χ0n) is 11.2. The van der Waals surface area contributed by atoms with Crippen LogP contribution in [0.15, 0.2) is 58.3 Å². The van der Waals surface area contributed by atoms with Gasteiger partial charge >= 0.3 is 0 Å². The molecule has 0 fully saturated rings. The second kappa shape index (κ2) is 6.66. The van der Waals surface area contributed by atoms with Gasteiger partial charge in [-0.1, -0.05) is 6.07 Å². The normalized spacial score (nSPS) is 11.0. The van der Waals surface area contributed by atoms with E-state index < -0.39 is 9.84 Å². The van der Waals surface area contributed by atoms with Crippen LogP contribution in [-0.2, 0) is 9.84 Å². The zero-order valence-corrected chi connectivity index (χ0v) is 12.8. The number of rotatable bonds is 5. The summed E-state index contributed by atoms with van der Waals surface area (Å²) in [6.07, 6.45) is 0. The molecule has 0 spiro atoms. The third kappa shape index (κ3) is 4.25. The van der Waals surface area contributed by atoms with E-state index in [-0.39, 0.29) is 10.6 Å². The molecule has 0 aliphatic carbocycles. The van der Waals surface area contributed by atoms with Gasteiger partial charge in [-0.15, -0.1) is 11.8 Å². The summed E-state index contributed by atoms with van der Waals surface area (Å²) in [5.74, 6) is 0.490. The highest BCUT2D eigenvalue weighted by atomic mass is 32.2. The Morgan fingerprint density at radius 1 is 1.14 bits per heavy atom. The standard InChI is InChI=1S/C15H14N2O2S2/c16-11-12-4-6-15(7-5-12)21(18,19)9-8-20-14-3-1-2-13(17)10-14/h1-7,10H,8-9,17H2. The fourth-order valence-electron chi connectivity index (χ4n) is 1.73. The first-order valence-electron chi connectivity index (χ1n) is 6.22. The molecule has 0 aliphatic heterocycles. The first-order valence-corrected chi connectivity index (χ1v) is 8.86. The number of hydrogen-bond acceptors (Lipinski definition) is 5. The third-order valence-corrected chi connectivity index (χ3v) is 5.81. The Balaban J connectivity index is 1.99. The highest BCUT2D eigenvalue weighted by molar-refractivity contribution is 8.00. The van der Waals surface area contributed by atoms with E-state index in [1.54, 1.807) is 6.07 Å². The SMILES string of the molecule is N#Cc1ccc(S(=O)(=O)CCSc2cccc(N)c2)cc1. The molecule has 6 heteroatoms. The van der Waals surface area contributed by atoms with Gasteiger partial charge in [-0.25, -0.2) is 8.42 Å². The van der Waals surface area contributed by atoms with Crippen molar-refractivity contribution in [1.29, 1.82) is 5.26 Å². The monoisotopic (exact) mass is 318 g/mol. The molecule has 0 aliphatic rings. The van der Waals surface area contributed by atoms with Crippen molar-refractivity contribution in [2.75, 3.05) is 17.2 Å². The van der Waals surface area contributed by atoms with Crippen LogP contribution in [0.4, 0.5) is 5.69 Å². The number of nitriles is 1. The zero-order chi connectivity index (χ0) is 15.3. The first kappa shape index (κ1) is 15.4. The van der Waals surface area contributed by atoms with Gasteiger partial charge in [0, 0.05) is 16.3 Å². The highest BCUT2D eigenvalue weighted by Crippen LogP contribution is 2.21. The number of nitrogens with zero attached hydrogens (tertiary/aromatic N) is 1. The quantitative estimate of drug-likeness (QED) is 0.677. The molecule has 108 valence electrons. The number of sulfone groups is 1. The predicted molar refractivity (Wildman–Crippen MR) is 84.8 cm³/mol. The van der Waals surface area contributed by atoms with Crippen LogP contribution in [0.3, 0.4) is 0 Å². The van der Waals surface area contributed by atoms with E-state index in [0.29, 0.717) is 17.0 Å². The molecule has 0 radical (unpaired) electrons. The van der Waals surface area contributed by atoms with Crippen molar-refractivity contribution in [1.82, 2.24) is 0 Å². The summed E-state index contributed by atoms with van der Waals surface area (Å²) >= 11 is 1.45. The van der Waals surface area contributed by atoms with Gasteiger partial charge in [-0.05, 0) is 42.5 Å². The number of nitrogens with two attached hydrogens (primary N) is 1. The predicted octanol–water partition coefficient (Wildman–Crippen LogP) is 2.71. The number of anilines is 1. The first-order chi connectivity index (χ1) is 10.0. The molecule has 0 amide bonds. The van der Waals surface area contributed by atoms with Gasteiger partial charge in [0.1, 0.15) is 0 Å².